The molecule has 0 spiro atoms. The fourth-order valence-corrected chi connectivity index (χ4v) is 2.89. The van der Waals surface area contributed by atoms with E-state index < -0.39 is 13.8 Å². The summed E-state index contributed by atoms with van der Waals surface area (Å²) in [6, 6.07) is 5.75. The quantitative estimate of drug-likeness (QED) is 0.732. The number of hydrogen-bond donors (Lipinski definition) is 3. The largest absolute Gasteiger partial charge is 0.367 e. The van der Waals surface area contributed by atoms with E-state index in [0.717, 1.165) is 18.2 Å². The summed E-state index contributed by atoms with van der Waals surface area (Å²) in [6.45, 7) is 3.89. The van der Waals surface area contributed by atoms with E-state index in [1.54, 1.807) is 0 Å². The minimum atomic E-state index is -3.95. The maximum absolute atomic E-state index is 11.7. The molecular formula is C12H17N2O4P. The van der Waals surface area contributed by atoms with Gasteiger partial charge in [-0.3, -0.25) is 9.57 Å². The molecule has 0 radical (unpaired) electrons. The van der Waals surface area contributed by atoms with Crippen molar-refractivity contribution in [2.45, 2.75) is 20.1 Å². The van der Waals surface area contributed by atoms with Crippen LogP contribution < -0.4 is 10.4 Å². The molecule has 0 saturated heterocycles. The Morgan fingerprint density at radius 2 is 1.89 bits per heavy atom. The molecule has 2 atom stereocenters. The number of nitrogens with one attached hydrogen (secondary N) is 1. The average molecular weight is 284 g/mol. The predicted octanol–water partition coefficient (Wildman–Crippen LogP) is 1.62. The van der Waals surface area contributed by atoms with Gasteiger partial charge in [-0.2, -0.15) is 0 Å². The Labute approximate surface area is 111 Å². The Bertz CT molecular complexity index is 553. The normalized spacial score (nSPS) is 21.8. The van der Waals surface area contributed by atoms with Gasteiger partial charge in [-0.05, 0) is 37.1 Å². The molecule has 104 valence electrons. The van der Waals surface area contributed by atoms with Gasteiger partial charge in [0.2, 0.25) is 0 Å². The molecule has 1 aliphatic heterocycles. The summed E-state index contributed by atoms with van der Waals surface area (Å²) in [5.41, 5.74) is 5.57. The van der Waals surface area contributed by atoms with E-state index in [1.807, 2.05) is 32.0 Å². The lowest BCUT2D eigenvalue weighted by molar-refractivity contribution is 0.206. The summed E-state index contributed by atoms with van der Waals surface area (Å²) in [4.78, 5) is 9.61. The van der Waals surface area contributed by atoms with Crippen LogP contribution in [-0.4, -0.2) is 23.3 Å². The second-order valence-electron chi connectivity index (χ2n) is 4.49. The van der Waals surface area contributed by atoms with Crippen molar-refractivity contribution in [2.24, 2.45) is 0 Å². The molecule has 2 unspecified atom stereocenters. The highest BCUT2D eigenvalue weighted by atomic mass is 31.2. The fraction of sp³-hybridized carbons (Fsp3) is 0.333. The highest BCUT2D eigenvalue weighted by Gasteiger charge is 2.38. The molecule has 2 rings (SSSR count). The lowest BCUT2D eigenvalue weighted by atomic mass is 10.1. The zero-order chi connectivity index (χ0) is 14.2. The third-order valence-electron chi connectivity index (χ3n) is 2.92. The number of aliphatic hydroxyl groups is 1. The number of rotatable bonds is 3. The highest BCUT2D eigenvalue weighted by molar-refractivity contribution is 7.57. The summed E-state index contributed by atoms with van der Waals surface area (Å²) >= 11 is 0. The van der Waals surface area contributed by atoms with Gasteiger partial charge in [-0.25, -0.2) is 0 Å². The SMILES string of the molecule is COP(=O)(O)C1=CNN(c2cc(C)cc(C)c2)C1O. The smallest absolute Gasteiger partial charge is 0.360 e. The first-order valence-electron chi connectivity index (χ1n) is 5.76. The molecule has 0 saturated carbocycles. The number of benzene rings is 1. The van der Waals surface area contributed by atoms with Crippen LogP contribution in [-0.2, 0) is 9.09 Å². The Morgan fingerprint density at radius 3 is 2.42 bits per heavy atom. The Hall–Kier alpha value is -1.33. The van der Waals surface area contributed by atoms with E-state index in [4.69, 9.17) is 0 Å². The van der Waals surface area contributed by atoms with Gasteiger partial charge >= 0.3 is 7.60 Å². The lowest BCUT2D eigenvalue weighted by Gasteiger charge is -2.25. The van der Waals surface area contributed by atoms with Gasteiger partial charge in [0.25, 0.3) is 0 Å². The maximum atomic E-state index is 11.7. The Balaban J connectivity index is 2.29. The van der Waals surface area contributed by atoms with E-state index in [-0.39, 0.29) is 5.31 Å². The number of hydrazine groups is 1. The molecule has 0 bridgehead atoms. The van der Waals surface area contributed by atoms with Gasteiger partial charge in [-0.15, -0.1) is 0 Å². The summed E-state index contributed by atoms with van der Waals surface area (Å²) in [6.07, 6.45) is 0.0593. The molecule has 0 fully saturated rings. The molecule has 1 heterocycles. The van der Waals surface area contributed by atoms with Crippen LogP contribution in [0.5, 0.6) is 0 Å². The van der Waals surface area contributed by atoms with E-state index in [9.17, 15) is 14.6 Å². The van der Waals surface area contributed by atoms with Crippen LogP contribution in [0.3, 0.4) is 0 Å². The second-order valence-corrected chi connectivity index (χ2v) is 6.41. The van der Waals surface area contributed by atoms with Crippen molar-refractivity contribution in [3.63, 3.8) is 0 Å². The first kappa shape index (κ1) is 14.1. The summed E-state index contributed by atoms with van der Waals surface area (Å²) < 4.78 is 16.3. The molecule has 1 aromatic carbocycles. The molecule has 0 aromatic heterocycles. The topological polar surface area (TPSA) is 82.0 Å². The van der Waals surface area contributed by atoms with Crippen molar-refractivity contribution in [1.29, 1.82) is 0 Å². The van der Waals surface area contributed by atoms with Gasteiger partial charge in [0.15, 0.2) is 6.23 Å². The minimum absolute atomic E-state index is 0.0749. The summed E-state index contributed by atoms with van der Waals surface area (Å²) in [5.74, 6) is 0. The molecule has 3 N–H and O–H groups in total. The van der Waals surface area contributed by atoms with Gasteiger partial charge in [-0.1, -0.05) is 6.07 Å². The minimum Gasteiger partial charge on any atom is -0.367 e. The van der Waals surface area contributed by atoms with E-state index in [0.29, 0.717) is 5.69 Å². The van der Waals surface area contributed by atoms with Crippen molar-refractivity contribution >= 4 is 13.3 Å². The number of aliphatic hydroxyl groups excluding tert-OH is 1. The average Bonchev–Trinajstić information content (AvgIpc) is 2.70. The second kappa shape index (κ2) is 4.98. The number of hydrogen-bond acceptors (Lipinski definition) is 5. The molecule has 1 aliphatic rings. The highest BCUT2D eigenvalue weighted by Crippen LogP contribution is 2.53. The third-order valence-corrected chi connectivity index (χ3v) is 4.43. The number of nitrogens with zero attached hydrogens (tertiary/aromatic N) is 1. The molecule has 0 aliphatic carbocycles. The summed E-state index contributed by atoms with van der Waals surface area (Å²) in [7, 11) is -2.82. The first-order valence-corrected chi connectivity index (χ1v) is 7.34. The Morgan fingerprint density at radius 1 is 1.32 bits per heavy atom. The van der Waals surface area contributed by atoms with Crippen LogP contribution in [0.15, 0.2) is 29.7 Å². The van der Waals surface area contributed by atoms with Crippen molar-refractivity contribution in [2.75, 3.05) is 12.1 Å². The van der Waals surface area contributed by atoms with Crippen LogP contribution in [0, 0.1) is 13.8 Å². The van der Waals surface area contributed by atoms with Crippen molar-refractivity contribution < 1.29 is 19.1 Å². The maximum Gasteiger partial charge on any atom is 0.360 e. The zero-order valence-corrected chi connectivity index (χ0v) is 11.9. The van der Waals surface area contributed by atoms with E-state index in [1.165, 1.54) is 11.2 Å². The van der Waals surface area contributed by atoms with Crippen LogP contribution >= 0.6 is 7.60 Å². The first-order chi connectivity index (χ1) is 8.85. The molecular weight excluding hydrogens is 267 g/mol. The molecule has 7 heteroatoms. The Kier molecular flexibility index (Phi) is 3.69. The third kappa shape index (κ3) is 2.67. The molecule has 0 amide bonds. The molecule has 1 aromatic rings. The summed E-state index contributed by atoms with van der Waals surface area (Å²) in [5, 5.41) is 11.5. The van der Waals surface area contributed by atoms with Crippen LogP contribution in [0.1, 0.15) is 11.1 Å². The van der Waals surface area contributed by atoms with Gasteiger partial charge < -0.3 is 19.9 Å². The van der Waals surface area contributed by atoms with E-state index >= 15 is 0 Å². The van der Waals surface area contributed by atoms with Crippen LogP contribution in [0.25, 0.3) is 0 Å². The molecule has 19 heavy (non-hydrogen) atoms. The van der Waals surface area contributed by atoms with Gasteiger partial charge in [0.1, 0.15) is 5.31 Å². The molecule has 6 nitrogen and oxygen atoms in total. The standard InChI is InChI=1S/C12H17N2O4P/c1-8-4-9(2)6-10(5-8)14-12(15)11(7-13-14)19(16,17)18-3/h4-7,12-13,15H,1-3H3,(H,16,17). The fourth-order valence-electron chi connectivity index (χ4n) is 2.05. The zero-order valence-electron chi connectivity index (χ0n) is 11.0. The van der Waals surface area contributed by atoms with E-state index in [2.05, 4.69) is 9.95 Å². The van der Waals surface area contributed by atoms with Crippen molar-refractivity contribution in [1.82, 2.24) is 5.43 Å². The van der Waals surface area contributed by atoms with Gasteiger partial charge in [0.05, 0.1) is 5.69 Å². The van der Waals surface area contributed by atoms with Crippen LogP contribution in [0.2, 0.25) is 0 Å². The van der Waals surface area contributed by atoms with Crippen molar-refractivity contribution in [3.05, 3.63) is 40.8 Å². The monoisotopic (exact) mass is 284 g/mol. The lowest BCUT2D eigenvalue weighted by Crippen LogP contribution is -2.38. The predicted molar refractivity (Wildman–Crippen MR) is 72.5 cm³/mol. The van der Waals surface area contributed by atoms with Gasteiger partial charge in [0, 0.05) is 13.3 Å². The number of aryl methyl sites for hydroxylation is 2. The van der Waals surface area contributed by atoms with Crippen molar-refractivity contribution in [3.8, 4) is 0 Å². The van der Waals surface area contributed by atoms with Crippen LogP contribution in [0.4, 0.5) is 5.69 Å². The number of anilines is 1.